The van der Waals surface area contributed by atoms with Gasteiger partial charge in [-0.25, -0.2) is 0 Å². The van der Waals surface area contributed by atoms with Crippen LogP contribution in [-0.2, 0) is 14.3 Å². The topological polar surface area (TPSA) is 45.2 Å². The molecule has 2 unspecified atom stereocenters. The molecule has 4 fully saturated rings. The molecule has 6 nitrogen and oxygen atoms in total. The zero-order valence-corrected chi connectivity index (χ0v) is 19.8. The molecule has 1 aromatic carbocycles. The Morgan fingerprint density at radius 2 is 1.56 bits per heavy atom. The van der Waals surface area contributed by atoms with Crippen LogP contribution in [0.2, 0.25) is 0 Å². The van der Waals surface area contributed by atoms with Gasteiger partial charge in [0.05, 0.1) is 30.0 Å². The third-order valence-corrected chi connectivity index (χ3v) is 8.58. The highest BCUT2D eigenvalue weighted by Gasteiger charge is 2.46. The van der Waals surface area contributed by atoms with Gasteiger partial charge in [0, 0.05) is 52.2 Å². The first-order chi connectivity index (χ1) is 15.6. The molecule has 0 amide bonds. The van der Waals surface area contributed by atoms with Crippen molar-refractivity contribution in [3.63, 3.8) is 0 Å². The Hall–Kier alpha value is -1.79. The van der Waals surface area contributed by atoms with E-state index in [1.165, 1.54) is 24.5 Å². The minimum Gasteiger partial charge on any atom is -0.462 e. The lowest BCUT2D eigenvalue weighted by Crippen LogP contribution is -2.37. The number of para-hydroxylation sites is 2. The van der Waals surface area contributed by atoms with Gasteiger partial charge in [0.15, 0.2) is 0 Å². The van der Waals surface area contributed by atoms with Crippen molar-refractivity contribution < 1.29 is 14.3 Å². The maximum absolute atomic E-state index is 12.4. The summed E-state index contributed by atoms with van der Waals surface area (Å²) in [7, 11) is 0. The van der Waals surface area contributed by atoms with Crippen LogP contribution in [0.25, 0.3) is 0 Å². The lowest BCUT2D eigenvalue weighted by atomic mass is 9.79. The SMILES string of the molecule is CCC1(CC)C[C@@H](CCN2CC3CN(c4ccccc4N4CCOCC4)CC3C2)OC1=O. The Kier molecular flexibility index (Phi) is 6.35. The lowest BCUT2D eigenvalue weighted by Gasteiger charge is -2.33. The molecule has 4 aliphatic heterocycles. The quantitative estimate of drug-likeness (QED) is 0.605. The number of hydrogen-bond donors (Lipinski definition) is 0. The van der Waals surface area contributed by atoms with E-state index in [1.54, 1.807) is 0 Å². The zero-order valence-electron chi connectivity index (χ0n) is 19.8. The summed E-state index contributed by atoms with van der Waals surface area (Å²) >= 11 is 0. The van der Waals surface area contributed by atoms with Crippen LogP contribution in [0.3, 0.4) is 0 Å². The van der Waals surface area contributed by atoms with Gasteiger partial charge in [-0.15, -0.1) is 0 Å². The third kappa shape index (κ3) is 4.12. The van der Waals surface area contributed by atoms with E-state index in [-0.39, 0.29) is 17.5 Å². The summed E-state index contributed by atoms with van der Waals surface area (Å²) in [6, 6.07) is 8.91. The summed E-state index contributed by atoms with van der Waals surface area (Å²) in [4.78, 5) is 20.1. The monoisotopic (exact) mass is 441 g/mol. The average Bonchev–Trinajstić information content (AvgIpc) is 3.49. The third-order valence-electron chi connectivity index (χ3n) is 8.58. The molecule has 0 aliphatic carbocycles. The Balaban J connectivity index is 1.14. The minimum atomic E-state index is -0.222. The van der Waals surface area contributed by atoms with Crippen LogP contribution in [0.15, 0.2) is 24.3 Å². The normalized spacial score (nSPS) is 30.1. The number of esters is 1. The molecule has 5 rings (SSSR count). The van der Waals surface area contributed by atoms with Crippen LogP contribution in [0, 0.1) is 17.3 Å². The molecule has 32 heavy (non-hydrogen) atoms. The summed E-state index contributed by atoms with van der Waals surface area (Å²) in [5, 5.41) is 0. The number of morpholine rings is 1. The van der Waals surface area contributed by atoms with Crippen LogP contribution in [0.5, 0.6) is 0 Å². The van der Waals surface area contributed by atoms with Crippen molar-refractivity contribution in [2.45, 2.75) is 45.6 Å². The molecule has 6 heteroatoms. The van der Waals surface area contributed by atoms with Gasteiger partial charge in [-0.2, -0.15) is 0 Å². The molecule has 0 bridgehead atoms. The predicted octanol–water partition coefficient (Wildman–Crippen LogP) is 3.40. The molecule has 4 aliphatic rings. The van der Waals surface area contributed by atoms with Crippen molar-refractivity contribution in [2.75, 3.05) is 68.8 Å². The number of nitrogens with zero attached hydrogens (tertiary/aromatic N) is 3. The van der Waals surface area contributed by atoms with E-state index in [0.717, 1.165) is 83.5 Å². The van der Waals surface area contributed by atoms with Gasteiger partial charge in [-0.05, 0) is 43.2 Å². The van der Waals surface area contributed by atoms with Crippen LogP contribution in [0.1, 0.15) is 39.5 Å². The Labute approximate surface area is 192 Å². The van der Waals surface area contributed by atoms with Crippen molar-refractivity contribution >= 4 is 17.3 Å². The van der Waals surface area contributed by atoms with Gasteiger partial charge in [0.25, 0.3) is 0 Å². The van der Waals surface area contributed by atoms with Gasteiger partial charge >= 0.3 is 5.97 Å². The zero-order chi connectivity index (χ0) is 22.1. The van der Waals surface area contributed by atoms with E-state index in [2.05, 4.69) is 52.8 Å². The number of fused-ring (bicyclic) bond motifs is 1. The number of likely N-dealkylation sites (tertiary alicyclic amines) is 1. The highest BCUT2D eigenvalue weighted by atomic mass is 16.6. The number of ether oxygens (including phenoxy) is 2. The fourth-order valence-electron chi connectivity index (χ4n) is 6.42. The van der Waals surface area contributed by atoms with Crippen molar-refractivity contribution in [2.24, 2.45) is 17.3 Å². The minimum absolute atomic E-state index is 0.0420. The molecule has 0 N–H and O–H groups in total. The number of benzene rings is 1. The number of rotatable bonds is 7. The van der Waals surface area contributed by atoms with Gasteiger partial charge in [0.1, 0.15) is 6.10 Å². The van der Waals surface area contributed by atoms with Gasteiger partial charge in [0.2, 0.25) is 0 Å². The van der Waals surface area contributed by atoms with Gasteiger partial charge in [-0.3, -0.25) is 4.79 Å². The molecular formula is C26H39N3O3. The molecule has 4 heterocycles. The molecule has 0 aromatic heterocycles. The molecular weight excluding hydrogens is 402 g/mol. The maximum atomic E-state index is 12.4. The molecule has 0 radical (unpaired) electrons. The molecule has 0 spiro atoms. The number of cyclic esters (lactones) is 1. The Bertz CT molecular complexity index is 791. The predicted molar refractivity (Wildman–Crippen MR) is 127 cm³/mol. The van der Waals surface area contributed by atoms with Crippen molar-refractivity contribution in [1.82, 2.24) is 4.90 Å². The van der Waals surface area contributed by atoms with E-state index in [1.807, 2.05) is 0 Å². The summed E-state index contributed by atoms with van der Waals surface area (Å²) in [5.41, 5.74) is 2.54. The van der Waals surface area contributed by atoms with E-state index in [4.69, 9.17) is 9.47 Å². The molecule has 176 valence electrons. The highest BCUT2D eigenvalue weighted by molar-refractivity contribution is 5.79. The first-order valence-electron chi connectivity index (χ1n) is 12.7. The second-order valence-corrected chi connectivity index (χ2v) is 10.3. The largest absolute Gasteiger partial charge is 0.462 e. The Morgan fingerprint density at radius 1 is 0.938 bits per heavy atom. The summed E-state index contributed by atoms with van der Waals surface area (Å²) in [5.74, 6) is 1.52. The second kappa shape index (κ2) is 9.22. The van der Waals surface area contributed by atoms with Crippen molar-refractivity contribution in [3.05, 3.63) is 24.3 Å². The second-order valence-electron chi connectivity index (χ2n) is 10.3. The fraction of sp³-hybridized carbons (Fsp3) is 0.731. The smallest absolute Gasteiger partial charge is 0.312 e. The van der Waals surface area contributed by atoms with E-state index in [0.29, 0.717) is 0 Å². The molecule has 1 aromatic rings. The van der Waals surface area contributed by atoms with Gasteiger partial charge in [-0.1, -0.05) is 26.0 Å². The Morgan fingerprint density at radius 3 is 2.16 bits per heavy atom. The lowest BCUT2D eigenvalue weighted by molar-refractivity contribution is -0.149. The maximum Gasteiger partial charge on any atom is 0.312 e. The molecule has 0 saturated carbocycles. The first-order valence-corrected chi connectivity index (χ1v) is 12.7. The number of anilines is 2. The summed E-state index contributed by atoms with van der Waals surface area (Å²) < 4.78 is 11.3. The number of hydrogen-bond acceptors (Lipinski definition) is 6. The van der Waals surface area contributed by atoms with E-state index < -0.39 is 0 Å². The van der Waals surface area contributed by atoms with E-state index >= 15 is 0 Å². The molecule has 4 saturated heterocycles. The molecule has 3 atom stereocenters. The van der Waals surface area contributed by atoms with E-state index in [9.17, 15) is 4.79 Å². The average molecular weight is 442 g/mol. The van der Waals surface area contributed by atoms with Gasteiger partial charge < -0.3 is 24.2 Å². The van der Waals surface area contributed by atoms with Crippen LogP contribution in [0.4, 0.5) is 11.4 Å². The van der Waals surface area contributed by atoms with Crippen LogP contribution >= 0.6 is 0 Å². The fourth-order valence-corrected chi connectivity index (χ4v) is 6.42. The standard InChI is InChI=1S/C26H39N3O3/c1-3-26(4-2)15-22(32-25(26)30)9-10-27-16-20-18-29(19-21(20)17-27)24-8-6-5-7-23(24)28-11-13-31-14-12-28/h5-8,20-22H,3-4,9-19H2,1-2H3/t20?,21?,22-/m1/s1. The van der Waals surface area contributed by atoms with Crippen LogP contribution < -0.4 is 9.80 Å². The van der Waals surface area contributed by atoms with Crippen molar-refractivity contribution in [3.8, 4) is 0 Å². The van der Waals surface area contributed by atoms with Crippen LogP contribution in [-0.4, -0.2) is 76.0 Å². The number of carbonyl (C=O) groups excluding carboxylic acids is 1. The summed E-state index contributed by atoms with van der Waals surface area (Å²) in [6.45, 7) is 13.6. The summed E-state index contributed by atoms with van der Waals surface area (Å²) in [6.07, 6.45) is 3.80. The first kappa shape index (κ1) is 22.0. The highest BCUT2D eigenvalue weighted by Crippen LogP contribution is 2.42. The number of carbonyl (C=O) groups is 1. The van der Waals surface area contributed by atoms with Crippen molar-refractivity contribution in [1.29, 1.82) is 0 Å².